The molecule has 1 saturated carbocycles. The van der Waals surface area contributed by atoms with Gasteiger partial charge in [0.2, 0.25) is 10.0 Å². The predicted octanol–water partition coefficient (Wildman–Crippen LogP) is 6.85. The molecule has 1 aliphatic rings. The average Bonchev–Trinajstić information content (AvgIpc) is 2.81. The molecule has 0 spiro atoms. The molecule has 35 heavy (non-hydrogen) atoms. The molecular formula is C27H35Cl2NO4S. The number of halogens is 2. The molecule has 0 saturated heterocycles. The monoisotopic (exact) mass is 539 g/mol. The van der Waals surface area contributed by atoms with E-state index in [1.807, 2.05) is 12.1 Å². The number of benzene rings is 2. The highest BCUT2D eigenvalue weighted by Gasteiger charge is 2.33. The summed E-state index contributed by atoms with van der Waals surface area (Å²) in [5, 5.41) is 0.874. The van der Waals surface area contributed by atoms with E-state index in [9.17, 15) is 13.2 Å². The van der Waals surface area contributed by atoms with Gasteiger partial charge in [0, 0.05) is 28.7 Å². The minimum atomic E-state index is -3.81. The van der Waals surface area contributed by atoms with Crippen molar-refractivity contribution in [3.05, 3.63) is 63.6 Å². The van der Waals surface area contributed by atoms with E-state index < -0.39 is 10.0 Å². The van der Waals surface area contributed by atoms with Crippen LogP contribution in [0.1, 0.15) is 64.5 Å². The summed E-state index contributed by atoms with van der Waals surface area (Å²) in [5.74, 6) is -0.137. The van der Waals surface area contributed by atoms with E-state index in [0.717, 1.165) is 18.4 Å². The molecule has 0 aromatic heterocycles. The zero-order valence-electron chi connectivity index (χ0n) is 20.9. The highest BCUT2D eigenvalue weighted by molar-refractivity contribution is 7.89. The minimum Gasteiger partial charge on any atom is -0.466 e. The number of hydrogen-bond donors (Lipinski definition) is 0. The number of rotatable bonds is 8. The summed E-state index contributed by atoms with van der Waals surface area (Å²) < 4.78 is 34.3. The van der Waals surface area contributed by atoms with Crippen LogP contribution in [0.15, 0.2) is 47.4 Å². The second-order valence-corrected chi connectivity index (χ2v) is 13.0. The number of nitrogens with zero attached hydrogens (tertiary/aromatic N) is 1. The molecule has 0 amide bonds. The van der Waals surface area contributed by atoms with E-state index in [2.05, 4.69) is 20.8 Å². The summed E-state index contributed by atoms with van der Waals surface area (Å²) in [4.78, 5) is 12.4. The first-order valence-corrected chi connectivity index (χ1v) is 14.3. The molecule has 192 valence electrons. The number of sulfonamides is 1. The fraction of sp³-hybridized carbons (Fsp3) is 0.519. The third-order valence-corrected chi connectivity index (χ3v) is 9.22. The lowest BCUT2D eigenvalue weighted by Crippen LogP contribution is -2.37. The van der Waals surface area contributed by atoms with Gasteiger partial charge in [0.15, 0.2) is 0 Å². The molecule has 0 heterocycles. The van der Waals surface area contributed by atoms with Gasteiger partial charge in [0.25, 0.3) is 0 Å². The van der Waals surface area contributed by atoms with Crippen LogP contribution >= 0.6 is 23.2 Å². The van der Waals surface area contributed by atoms with Crippen LogP contribution in [0.2, 0.25) is 10.0 Å². The first-order chi connectivity index (χ1) is 16.4. The molecule has 0 unspecified atom stereocenters. The number of esters is 1. The smallest absolute Gasteiger partial charge is 0.308 e. The van der Waals surface area contributed by atoms with E-state index in [-0.39, 0.29) is 34.7 Å². The van der Waals surface area contributed by atoms with Crippen molar-refractivity contribution in [2.45, 2.75) is 70.2 Å². The second kappa shape index (κ2) is 11.6. The zero-order chi connectivity index (χ0) is 25.8. The predicted molar refractivity (Wildman–Crippen MR) is 141 cm³/mol. The molecule has 0 bridgehead atoms. The Balaban J connectivity index is 1.86. The van der Waals surface area contributed by atoms with Gasteiger partial charge in [0.1, 0.15) is 0 Å². The van der Waals surface area contributed by atoms with Gasteiger partial charge < -0.3 is 4.74 Å². The first kappa shape index (κ1) is 28.0. The molecule has 2 aromatic carbocycles. The van der Waals surface area contributed by atoms with Crippen LogP contribution in [0, 0.1) is 11.8 Å². The van der Waals surface area contributed by atoms with Crippen molar-refractivity contribution in [1.29, 1.82) is 0 Å². The maximum absolute atomic E-state index is 13.8. The number of ether oxygens (including phenoxy) is 1. The van der Waals surface area contributed by atoms with Crippen LogP contribution in [-0.4, -0.2) is 31.8 Å². The number of carbonyl (C=O) groups is 1. The van der Waals surface area contributed by atoms with Crippen molar-refractivity contribution in [2.75, 3.05) is 13.2 Å². The maximum Gasteiger partial charge on any atom is 0.308 e. The van der Waals surface area contributed by atoms with Crippen molar-refractivity contribution in [2.24, 2.45) is 11.8 Å². The van der Waals surface area contributed by atoms with Gasteiger partial charge in [-0.15, -0.1) is 0 Å². The Bertz CT molecular complexity index is 1100. The Hall–Kier alpha value is -1.60. The summed E-state index contributed by atoms with van der Waals surface area (Å²) >= 11 is 12.8. The molecular weight excluding hydrogens is 505 g/mol. The van der Waals surface area contributed by atoms with Crippen molar-refractivity contribution in [1.82, 2.24) is 4.31 Å². The normalized spacial score (nSPS) is 19.1. The van der Waals surface area contributed by atoms with Crippen LogP contribution in [0.3, 0.4) is 0 Å². The van der Waals surface area contributed by atoms with Crippen LogP contribution < -0.4 is 0 Å². The number of hydrogen-bond acceptors (Lipinski definition) is 4. The lowest BCUT2D eigenvalue weighted by atomic mass is 9.82. The first-order valence-electron chi connectivity index (χ1n) is 12.1. The Morgan fingerprint density at radius 2 is 1.57 bits per heavy atom. The largest absolute Gasteiger partial charge is 0.466 e. The van der Waals surface area contributed by atoms with Gasteiger partial charge in [-0.25, -0.2) is 8.42 Å². The van der Waals surface area contributed by atoms with Crippen molar-refractivity contribution in [3.63, 3.8) is 0 Å². The molecule has 0 atom stereocenters. The van der Waals surface area contributed by atoms with E-state index >= 15 is 0 Å². The molecule has 0 radical (unpaired) electrons. The third kappa shape index (κ3) is 7.00. The topological polar surface area (TPSA) is 63.7 Å². The van der Waals surface area contributed by atoms with Crippen molar-refractivity contribution < 1.29 is 17.9 Å². The van der Waals surface area contributed by atoms with E-state index in [0.29, 0.717) is 41.6 Å². The summed E-state index contributed by atoms with van der Waals surface area (Å²) in [6, 6.07) is 12.3. The Morgan fingerprint density at radius 3 is 2.09 bits per heavy atom. The van der Waals surface area contributed by atoms with Crippen LogP contribution in [-0.2, 0) is 31.5 Å². The lowest BCUT2D eigenvalue weighted by Gasteiger charge is -2.32. The highest BCUT2D eigenvalue weighted by Crippen LogP contribution is 2.34. The molecule has 5 nitrogen and oxygen atoms in total. The minimum absolute atomic E-state index is 0.0787. The van der Waals surface area contributed by atoms with E-state index in [1.54, 1.807) is 37.3 Å². The third-order valence-electron chi connectivity index (χ3n) is 6.68. The van der Waals surface area contributed by atoms with Gasteiger partial charge in [-0.1, -0.05) is 62.2 Å². The van der Waals surface area contributed by atoms with E-state index in [1.165, 1.54) is 4.31 Å². The Labute approximate surface area is 219 Å². The summed E-state index contributed by atoms with van der Waals surface area (Å²) in [7, 11) is -3.81. The summed E-state index contributed by atoms with van der Waals surface area (Å²) in [5.41, 5.74) is 1.57. The van der Waals surface area contributed by atoms with Gasteiger partial charge in [-0.05, 0) is 73.8 Å². The van der Waals surface area contributed by atoms with Crippen molar-refractivity contribution >= 4 is 39.2 Å². The summed E-state index contributed by atoms with van der Waals surface area (Å²) in [6.07, 6.45) is 2.92. The fourth-order valence-corrected chi connectivity index (χ4v) is 6.51. The molecule has 1 aliphatic carbocycles. The van der Waals surface area contributed by atoms with Gasteiger partial charge in [0.05, 0.1) is 17.4 Å². The van der Waals surface area contributed by atoms with Crippen LogP contribution in [0.25, 0.3) is 0 Å². The van der Waals surface area contributed by atoms with Gasteiger partial charge >= 0.3 is 5.97 Å². The number of carbonyl (C=O) groups excluding carboxylic acids is 1. The highest BCUT2D eigenvalue weighted by atomic mass is 35.5. The Morgan fingerprint density at radius 1 is 1.00 bits per heavy atom. The van der Waals surface area contributed by atoms with Gasteiger partial charge in [-0.2, -0.15) is 4.31 Å². The average molecular weight is 541 g/mol. The molecule has 8 heteroatoms. The molecule has 2 aromatic rings. The molecule has 0 N–H and O–H groups in total. The zero-order valence-corrected chi connectivity index (χ0v) is 23.2. The molecule has 3 rings (SSSR count). The molecule has 0 aliphatic heterocycles. The van der Waals surface area contributed by atoms with Crippen LogP contribution in [0.5, 0.6) is 0 Å². The molecule has 1 fully saturated rings. The lowest BCUT2D eigenvalue weighted by molar-refractivity contribution is -0.149. The van der Waals surface area contributed by atoms with Gasteiger partial charge in [-0.3, -0.25) is 4.79 Å². The Kier molecular flexibility index (Phi) is 9.30. The summed E-state index contributed by atoms with van der Waals surface area (Å²) in [6.45, 7) is 8.87. The fourth-order valence-electron chi connectivity index (χ4n) is 4.51. The van der Waals surface area contributed by atoms with Crippen molar-refractivity contribution in [3.8, 4) is 0 Å². The SMILES string of the molecule is CCOC(=O)C1CCC(CN(Cc2c(Cl)cccc2Cl)S(=O)(=O)c2ccc(C(C)(C)C)cc2)CC1. The maximum atomic E-state index is 13.8. The van der Waals surface area contributed by atoms with E-state index in [4.69, 9.17) is 27.9 Å². The van der Waals surface area contributed by atoms with Crippen LogP contribution in [0.4, 0.5) is 0 Å². The second-order valence-electron chi connectivity index (χ2n) is 10.2. The standard InChI is InChI=1S/C27H35Cl2NO4S/c1-5-34-26(31)20-11-9-19(10-12-20)17-30(18-23-24(28)7-6-8-25(23)29)35(32,33)22-15-13-21(14-16-22)27(2,3)4/h6-8,13-16,19-20H,5,9-12,17-18H2,1-4H3. The quantitative estimate of drug-likeness (QED) is 0.344.